The number of methoxy groups -OCH3 is 2. The predicted octanol–water partition coefficient (Wildman–Crippen LogP) is 2.71. The van der Waals surface area contributed by atoms with Crippen molar-refractivity contribution in [3.05, 3.63) is 41.9 Å². The Kier molecular flexibility index (Phi) is 5.51. The summed E-state index contributed by atoms with van der Waals surface area (Å²) in [6.45, 7) is 2.66. The van der Waals surface area contributed by atoms with E-state index in [4.69, 9.17) is 14.0 Å². The van der Waals surface area contributed by atoms with E-state index in [2.05, 4.69) is 20.4 Å². The highest BCUT2D eigenvalue weighted by molar-refractivity contribution is 5.98. The van der Waals surface area contributed by atoms with Gasteiger partial charge in [0.1, 0.15) is 5.75 Å². The van der Waals surface area contributed by atoms with Crippen molar-refractivity contribution >= 4 is 17.3 Å². The minimum absolute atomic E-state index is 0.0563. The van der Waals surface area contributed by atoms with Crippen LogP contribution in [0.4, 0.5) is 11.4 Å². The lowest BCUT2D eigenvalue weighted by molar-refractivity contribution is -0.116. The Bertz CT molecular complexity index is 1070. The average Bonchev–Trinajstić information content (AvgIpc) is 3.43. The van der Waals surface area contributed by atoms with E-state index in [9.17, 15) is 4.79 Å². The number of nitrogens with one attached hydrogen (secondary N) is 1. The van der Waals surface area contributed by atoms with Crippen LogP contribution >= 0.6 is 0 Å². The first-order chi connectivity index (χ1) is 14.6. The number of carbonyl (C=O) groups excluding carboxylic acids is 1. The van der Waals surface area contributed by atoms with Crippen molar-refractivity contribution in [1.29, 1.82) is 0 Å². The van der Waals surface area contributed by atoms with Crippen molar-refractivity contribution in [2.45, 2.75) is 19.8 Å². The summed E-state index contributed by atoms with van der Waals surface area (Å²) < 4.78 is 15.9. The first-order valence-corrected chi connectivity index (χ1v) is 9.72. The third kappa shape index (κ3) is 3.78. The fraction of sp³-hybridized carbons (Fsp3) is 0.333. The highest BCUT2D eigenvalue weighted by Gasteiger charge is 2.26. The molecule has 0 saturated heterocycles. The van der Waals surface area contributed by atoms with E-state index in [1.54, 1.807) is 31.3 Å². The number of aromatic nitrogens is 3. The molecule has 9 heteroatoms. The van der Waals surface area contributed by atoms with E-state index in [1.165, 1.54) is 0 Å². The molecule has 1 amide bonds. The summed E-state index contributed by atoms with van der Waals surface area (Å²) in [6.07, 6.45) is 1.39. The lowest BCUT2D eigenvalue weighted by Crippen LogP contribution is -2.34. The molecule has 0 atom stereocenters. The van der Waals surface area contributed by atoms with E-state index < -0.39 is 0 Å². The molecular formula is C21H23N5O4. The second kappa shape index (κ2) is 8.40. The van der Waals surface area contributed by atoms with Crippen molar-refractivity contribution in [3.8, 4) is 23.1 Å². The number of carbonyl (C=O) groups is 1. The number of benzene rings is 1. The van der Waals surface area contributed by atoms with E-state index in [-0.39, 0.29) is 12.5 Å². The maximum Gasteiger partial charge on any atom is 0.257 e. The average molecular weight is 409 g/mol. The molecule has 1 aliphatic rings. The molecule has 3 aromatic rings. The summed E-state index contributed by atoms with van der Waals surface area (Å²) in [4.78, 5) is 23.4. The van der Waals surface area contributed by atoms with Gasteiger partial charge in [-0.05, 0) is 24.3 Å². The van der Waals surface area contributed by atoms with Crippen molar-refractivity contribution < 1.29 is 18.8 Å². The number of hydrogen-bond donors (Lipinski definition) is 1. The van der Waals surface area contributed by atoms with Crippen LogP contribution in [0.25, 0.3) is 11.5 Å². The van der Waals surface area contributed by atoms with Crippen molar-refractivity contribution in [2.24, 2.45) is 0 Å². The molecule has 0 unspecified atom stereocenters. The summed E-state index contributed by atoms with van der Waals surface area (Å²) in [6, 6.07) is 9.12. The van der Waals surface area contributed by atoms with E-state index in [0.717, 1.165) is 16.9 Å². The maximum atomic E-state index is 12.9. The molecule has 0 saturated carbocycles. The van der Waals surface area contributed by atoms with Gasteiger partial charge in [0.25, 0.3) is 5.89 Å². The van der Waals surface area contributed by atoms with Gasteiger partial charge in [-0.1, -0.05) is 12.1 Å². The minimum Gasteiger partial charge on any atom is -0.495 e. The van der Waals surface area contributed by atoms with Crippen LogP contribution in [-0.4, -0.2) is 48.3 Å². The molecule has 2 aromatic heterocycles. The van der Waals surface area contributed by atoms with Gasteiger partial charge in [0.2, 0.25) is 11.8 Å². The summed E-state index contributed by atoms with van der Waals surface area (Å²) in [5, 5.41) is 7.10. The first kappa shape index (κ1) is 19.7. The molecule has 4 rings (SSSR count). The Balaban J connectivity index is 1.49. The SMILES string of the molecule is CCc1noc(-c2ccc(OC)c(NCC(=O)N3CCc4nc(OC)ccc43)c2)n1. The van der Waals surface area contributed by atoms with E-state index in [0.29, 0.717) is 48.4 Å². The number of rotatable bonds is 7. The lowest BCUT2D eigenvalue weighted by atomic mass is 10.2. The number of nitrogens with zero attached hydrogens (tertiary/aromatic N) is 4. The first-order valence-electron chi connectivity index (χ1n) is 9.72. The Hall–Kier alpha value is -3.62. The Morgan fingerprint density at radius 3 is 2.80 bits per heavy atom. The van der Waals surface area contributed by atoms with Crippen LogP contribution in [0, 0.1) is 0 Å². The molecule has 1 aromatic carbocycles. The number of pyridine rings is 1. The van der Waals surface area contributed by atoms with Gasteiger partial charge in [0, 0.05) is 31.0 Å². The van der Waals surface area contributed by atoms with Crippen LogP contribution in [0.2, 0.25) is 0 Å². The molecule has 30 heavy (non-hydrogen) atoms. The zero-order valence-electron chi connectivity index (χ0n) is 17.1. The lowest BCUT2D eigenvalue weighted by Gasteiger charge is -2.18. The van der Waals surface area contributed by atoms with Gasteiger partial charge in [-0.3, -0.25) is 4.79 Å². The minimum atomic E-state index is -0.0563. The molecule has 1 N–H and O–H groups in total. The second-order valence-corrected chi connectivity index (χ2v) is 6.75. The number of anilines is 2. The smallest absolute Gasteiger partial charge is 0.257 e. The molecule has 0 aliphatic carbocycles. The third-order valence-electron chi connectivity index (χ3n) is 4.96. The van der Waals surface area contributed by atoms with Gasteiger partial charge in [-0.15, -0.1) is 0 Å². The van der Waals surface area contributed by atoms with Gasteiger partial charge in [-0.25, -0.2) is 4.98 Å². The zero-order chi connectivity index (χ0) is 21.1. The normalized spacial score (nSPS) is 12.6. The Morgan fingerprint density at radius 1 is 1.20 bits per heavy atom. The van der Waals surface area contributed by atoms with Gasteiger partial charge in [-0.2, -0.15) is 4.98 Å². The van der Waals surface area contributed by atoms with Crippen LogP contribution in [0.5, 0.6) is 11.6 Å². The van der Waals surface area contributed by atoms with Gasteiger partial charge >= 0.3 is 0 Å². The largest absolute Gasteiger partial charge is 0.495 e. The molecule has 0 radical (unpaired) electrons. The summed E-state index contributed by atoms with van der Waals surface area (Å²) in [7, 11) is 3.16. The van der Waals surface area contributed by atoms with Crippen LogP contribution in [-0.2, 0) is 17.6 Å². The molecule has 1 aliphatic heterocycles. The quantitative estimate of drug-likeness (QED) is 0.635. The van der Waals surface area contributed by atoms with Gasteiger partial charge in [0.15, 0.2) is 5.82 Å². The van der Waals surface area contributed by atoms with Crippen LogP contribution < -0.4 is 19.7 Å². The molecule has 156 valence electrons. The number of ether oxygens (including phenoxy) is 2. The molecule has 0 spiro atoms. The zero-order valence-corrected chi connectivity index (χ0v) is 17.1. The van der Waals surface area contributed by atoms with Crippen molar-refractivity contribution in [2.75, 3.05) is 37.5 Å². The topological polar surface area (TPSA) is 103 Å². The van der Waals surface area contributed by atoms with Crippen molar-refractivity contribution in [1.82, 2.24) is 15.1 Å². The summed E-state index contributed by atoms with van der Waals surface area (Å²) in [5.74, 6) is 2.19. The van der Waals surface area contributed by atoms with E-state index in [1.807, 2.05) is 25.1 Å². The van der Waals surface area contributed by atoms with Crippen LogP contribution in [0.1, 0.15) is 18.4 Å². The molecule has 0 bridgehead atoms. The number of hydrogen-bond acceptors (Lipinski definition) is 8. The highest BCUT2D eigenvalue weighted by Crippen LogP contribution is 2.31. The second-order valence-electron chi connectivity index (χ2n) is 6.75. The Morgan fingerprint density at radius 2 is 2.07 bits per heavy atom. The van der Waals surface area contributed by atoms with E-state index >= 15 is 0 Å². The summed E-state index contributed by atoms with van der Waals surface area (Å²) in [5.41, 5.74) is 3.11. The van der Waals surface area contributed by atoms with Gasteiger partial charge < -0.3 is 24.2 Å². The fourth-order valence-corrected chi connectivity index (χ4v) is 3.37. The summed E-state index contributed by atoms with van der Waals surface area (Å²) >= 11 is 0. The number of fused-ring (bicyclic) bond motifs is 1. The standard InChI is InChI=1S/C21H23N5O4/c1-4-18-24-21(30-25-18)13-5-7-17(28-2)15(11-13)22-12-20(27)26-10-9-14-16(26)6-8-19(23-14)29-3/h5-8,11,22H,4,9-10,12H2,1-3H3. The van der Waals surface area contributed by atoms with Crippen LogP contribution in [0.3, 0.4) is 0 Å². The Labute approximate surface area is 174 Å². The van der Waals surface area contributed by atoms with Gasteiger partial charge in [0.05, 0.1) is 37.8 Å². The molecular weight excluding hydrogens is 386 g/mol. The number of amides is 1. The monoisotopic (exact) mass is 409 g/mol. The van der Waals surface area contributed by atoms with Crippen LogP contribution in [0.15, 0.2) is 34.9 Å². The molecule has 9 nitrogen and oxygen atoms in total. The predicted molar refractivity (Wildman–Crippen MR) is 111 cm³/mol. The third-order valence-corrected chi connectivity index (χ3v) is 4.96. The highest BCUT2D eigenvalue weighted by atomic mass is 16.5. The fourth-order valence-electron chi connectivity index (χ4n) is 3.37. The number of aryl methyl sites for hydroxylation is 1. The molecule has 0 fully saturated rings. The maximum absolute atomic E-state index is 12.9. The molecule has 3 heterocycles. The van der Waals surface area contributed by atoms with Crippen molar-refractivity contribution in [3.63, 3.8) is 0 Å².